The number of carbonyl (C=O) groups is 1. The van der Waals surface area contributed by atoms with E-state index < -0.39 is 0 Å². The molecule has 0 spiro atoms. The number of nitrogens with zero attached hydrogens (tertiary/aromatic N) is 1. The maximum Gasteiger partial charge on any atom is 0.234 e. The predicted octanol–water partition coefficient (Wildman–Crippen LogP) is 1.37. The first-order valence-corrected chi connectivity index (χ1v) is 6.98. The minimum atomic E-state index is -0.117. The maximum absolute atomic E-state index is 12.7. The molecule has 4 heteroatoms. The van der Waals surface area contributed by atoms with Crippen molar-refractivity contribution in [3.05, 3.63) is 29.8 Å². The summed E-state index contributed by atoms with van der Waals surface area (Å²) in [5, 5.41) is 3.18. The molecule has 102 valence electrons. The first kappa shape index (κ1) is 12.5. The minimum absolute atomic E-state index is 0.117. The van der Waals surface area contributed by atoms with Gasteiger partial charge in [0.05, 0.1) is 0 Å². The molecule has 0 aliphatic carbocycles. The average Bonchev–Trinajstić information content (AvgIpc) is 3.04. The Balaban J connectivity index is 1.78. The summed E-state index contributed by atoms with van der Waals surface area (Å²) in [5.41, 5.74) is 1.04. The lowest BCUT2D eigenvalue weighted by atomic mass is 9.99. The van der Waals surface area contributed by atoms with Gasteiger partial charge in [0.15, 0.2) is 0 Å². The highest BCUT2D eigenvalue weighted by Gasteiger charge is 2.37. The standard InChI is InChI=1S/C15H20N2O2/c1-16-9-11-5-4-8-17(11)15(18)13-10-19-14-7-3-2-6-12(13)14/h2-3,6-7,11,13,16H,4-5,8-10H2,1H3/t11-,13-/m0/s1. The molecule has 0 bridgehead atoms. The zero-order valence-electron chi connectivity index (χ0n) is 11.3. The van der Waals surface area contributed by atoms with Gasteiger partial charge < -0.3 is 15.0 Å². The van der Waals surface area contributed by atoms with Crippen LogP contribution in [0.3, 0.4) is 0 Å². The van der Waals surface area contributed by atoms with Gasteiger partial charge in [-0.15, -0.1) is 0 Å². The molecule has 2 aliphatic rings. The van der Waals surface area contributed by atoms with Crippen molar-refractivity contribution in [1.29, 1.82) is 0 Å². The van der Waals surface area contributed by atoms with Gasteiger partial charge in [-0.1, -0.05) is 18.2 Å². The van der Waals surface area contributed by atoms with Gasteiger partial charge in [0.2, 0.25) is 5.91 Å². The smallest absolute Gasteiger partial charge is 0.234 e. The molecule has 0 unspecified atom stereocenters. The monoisotopic (exact) mass is 260 g/mol. The molecular formula is C15H20N2O2. The topological polar surface area (TPSA) is 41.6 Å². The van der Waals surface area contributed by atoms with E-state index in [1.165, 1.54) is 0 Å². The summed E-state index contributed by atoms with van der Waals surface area (Å²) < 4.78 is 5.62. The molecule has 0 aromatic heterocycles. The normalized spacial score (nSPS) is 25.2. The molecule has 1 aromatic rings. The van der Waals surface area contributed by atoms with Crippen LogP contribution in [0.4, 0.5) is 0 Å². The second kappa shape index (κ2) is 5.21. The van der Waals surface area contributed by atoms with Gasteiger partial charge in [-0.2, -0.15) is 0 Å². The lowest BCUT2D eigenvalue weighted by Gasteiger charge is -2.27. The number of hydrogen-bond donors (Lipinski definition) is 1. The van der Waals surface area contributed by atoms with Crippen LogP contribution in [-0.4, -0.2) is 43.6 Å². The van der Waals surface area contributed by atoms with Gasteiger partial charge in [0.25, 0.3) is 0 Å². The minimum Gasteiger partial charge on any atom is -0.492 e. The van der Waals surface area contributed by atoms with Gasteiger partial charge >= 0.3 is 0 Å². The van der Waals surface area contributed by atoms with Crippen LogP contribution in [-0.2, 0) is 4.79 Å². The number of benzene rings is 1. The molecule has 4 nitrogen and oxygen atoms in total. The Morgan fingerprint density at radius 3 is 3.16 bits per heavy atom. The number of likely N-dealkylation sites (N-methyl/N-ethyl adjacent to an activating group) is 1. The zero-order valence-corrected chi connectivity index (χ0v) is 11.3. The van der Waals surface area contributed by atoms with E-state index in [2.05, 4.69) is 5.32 Å². The first-order chi connectivity index (χ1) is 9.31. The van der Waals surface area contributed by atoms with Crippen molar-refractivity contribution < 1.29 is 9.53 Å². The van der Waals surface area contributed by atoms with E-state index in [-0.39, 0.29) is 11.8 Å². The van der Waals surface area contributed by atoms with E-state index in [0.717, 1.165) is 37.2 Å². The highest BCUT2D eigenvalue weighted by molar-refractivity contribution is 5.86. The van der Waals surface area contributed by atoms with Gasteiger partial charge in [0, 0.05) is 24.7 Å². The summed E-state index contributed by atoms with van der Waals surface area (Å²) in [4.78, 5) is 14.7. The molecule has 1 N–H and O–H groups in total. The SMILES string of the molecule is CNC[C@@H]1CCCN1C(=O)[C@H]1COc2ccccc21. The summed E-state index contributed by atoms with van der Waals surface area (Å²) in [6.07, 6.45) is 2.20. The number of carbonyl (C=O) groups excluding carboxylic acids is 1. The van der Waals surface area contributed by atoms with E-state index in [4.69, 9.17) is 4.74 Å². The Morgan fingerprint density at radius 2 is 2.32 bits per heavy atom. The molecule has 2 aliphatic heterocycles. The van der Waals surface area contributed by atoms with Crippen molar-refractivity contribution in [3.8, 4) is 5.75 Å². The molecule has 2 atom stereocenters. The molecule has 1 fully saturated rings. The molecule has 19 heavy (non-hydrogen) atoms. The third-order valence-electron chi connectivity index (χ3n) is 4.10. The van der Waals surface area contributed by atoms with E-state index in [1.807, 2.05) is 36.2 Å². The van der Waals surface area contributed by atoms with Crippen molar-refractivity contribution in [1.82, 2.24) is 10.2 Å². The number of ether oxygens (including phenoxy) is 1. The Morgan fingerprint density at radius 1 is 1.47 bits per heavy atom. The van der Waals surface area contributed by atoms with E-state index >= 15 is 0 Å². The molecule has 1 saturated heterocycles. The molecule has 0 radical (unpaired) electrons. The Hall–Kier alpha value is -1.55. The Bertz CT molecular complexity index is 475. The molecular weight excluding hydrogens is 240 g/mol. The lowest BCUT2D eigenvalue weighted by molar-refractivity contribution is -0.133. The third kappa shape index (κ3) is 2.21. The van der Waals surface area contributed by atoms with Gasteiger partial charge in [-0.3, -0.25) is 4.79 Å². The largest absolute Gasteiger partial charge is 0.492 e. The van der Waals surface area contributed by atoms with Crippen LogP contribution in [0.25, 0.3) is 0 Å². The van der Waals surface area contributed by atoms with Crippen LogP contribution in [0.1, 0.15) is 24.3 Å². The summed E-state index contributed by atoms with van der Waals surface area (Å²) in [6, 6.07) is 8.21. The van der Waals surface area contributed by atoms with Crippen molar-refractivity contribution in [2.75, 3.05) is 26.7 Å². The van der Waals surface area contributed by atoms with Crippen molar-refractivity contribution in [2.45, 2.75) is 24.8 Å². The third-order valence-corrected chi connectivity index (χ3v) is 4.10. The fourth-order valence-electron chi connectivity index (χ4n) is 3.14. The van der Waals surface area contributed by atoms with Crippen LogP contribution in [0.2, 0.25) is 0 Å². The van der Waals surface area contributed by atoms with Gasteiger partial charge in [-0.05, 0) is 26.0 Å². The van der Waals surface area contributed by atoms with Crippen molar-refractivity contribution in [2.24, 2.45) is 0 Å². The van der Waals surface area contributed by atoms with Gasteiger partial charge in [0.1, 0.15) is 18.3 Å². The summed E-state index contributed by atoms with van der Waals surface area (Å²) in [5.74, 6) is 0.974. The second-order valence-electron chi connectivity index (χ2n) is 5.29. The summed E-state index contributed by atoms with van der Waals surface area (Å²) in [6.45, 7) is 2.24. The van der Waals surface area contributed by atoms with Crippen LogP contribution >= 0.6 is 0 Å². The van der Waals surface area contributed by atoms with Crippen molar-refractivity contribution in [3.63, 3.8) is 0 Å². The molecule has 0 saturated carbocycles. The van der Waals surface area contributed by atoms with Crippen LogP contribution < -0.4 is 10.1 Å². The number of rotatable bonds is 3. The average molecular weight is 260 g/mol. The second-order valence-corrected chi connectivity index (χ2v) is 5.29. The van der Waals surface area contributed by atoms with E-state index in [1.54, 1.807) is 0 Å². The Kier molecular flexibility index (Phi) is 3.42. The fourth-order valence-corrected chi connectivity index (χ4v) is 3.14. The van der Waals surface area contributed by atoms with Crippen LogP contribution in [0.15, 0.2) is 24.3 Å². The zero-order chi connectivity index (χ0) is 13.2. The first-order valence-electron chi connectivity index (χ1n) is 6.98. The predicted molar refractivity (Wildman–Crippen MR) is 73.3 cm³/mol. The molecule has 1 aromatic carbocycles. The number of para-hydroxylation sites is 1. The van der Waals surface area contributed by atoms with Crippen LogP contribution in [0.5, 0.6) is 5.75 Å². The van der Waals surface area contributed by atoms with E-state index in [0.29, 0.717) is 12.6 Å². The van der Waals surface area contributed by atoms with Crippen molar-refractivity contribution >= 4 is 5.91 Å². The fraction of sp³-hybridized carbons (Fsp3) is 0.533. The van der Waals surface area contributed by atoms with Gasteiger partial charge in [-0.25, -0.2) is 0 Å². The maximum atomic E-state index is 12.7. The summed E-state index contributed by atoms with van der Waals surface area (Å²) in [7, 11) is 1.94. The highest BCUT2D eigenvalue weighted by atomic mass is 16.5. The van der Waals surface area contributed by atoms with E-state index in [9.17, 15) is 4.79 Å². The quantitative estimate of drug-likeness (QED) is 0.892. The number of amides is 1. The molecule has 3 rings (SSSR count). The summed E-state index contributed by atoms with van der Waals surface area (Å²) >= 11 is 0. The highest BCUT2D eigenvalue weighted by Crippen LogP contribution is 2.35. The number of likely N-dealkylation sites (tertiary alicyclic amines) is 1. The Labute approximate surface area is 113 Å². The lowest BCUT2D eigenvalue weighted by Crippen LogP contribution is -2.43. The number of fused-ring (bicyclic) bond motifs is 1. The number of hydrogen-bond acceptors (Lipinski definition) is 3. The molecule has 2 heterocycles. The number of nitrogens with one attached hydrogen (secondary N) is 1. The van der Waals surface area contributed by atoms with Crippen LogP contribution in [0, 0.1) is 0 Å². The molecule has 1 amide bonds.